The number of carboxylic acids is 1. The molecule has 128 valence electrons. The second kappa shape index (κ2) is 6.65. The number of amides is 1. The van der Waals surface area contributed by atoms with E-state index in [0.717, 1.165) is 23.7 Å². The van der Waals surface area contributed by atoms with Crippen molar-refractivity contribution in [2.24, 2.45) is 13.0 Å². The fraction of sp³-hybridized carbons (Fsp3) is 0.412. The Balaban J connectivity index is 1.83. The minimum absolute atomic E-state index is 0.121. The van der Waals surface area contributed by atoms with Crippen molar-refractivity contribution in [3.63, 3.8) is 0 Å². The van der Waals surface area contributed by atoms with Gasteiger partial charge in [0.2, 0.25) is 0 Å². The van der Waals surface area contributed by atoms with Gasteiger partial charge in [-0.05, 0) is 37.5 Å². The molecule has 2 unspecified atom stereocenters. The number of carbonyl (C=O) groups excluding carboxylic acids is 1. The summed E-state index contributed by atoms with van der Waals surface area (Å²) in [6.07, 6.45) is 2.74. The molecule has 0 saturated heterocycles. The van der Waals surface area contributed by atoms with Crippen LogP contribution < -0.4 is 5.32 Å². The number of carbonyl (C=O) groups is 2. The van der Waals surface area contributed by atoms with Crippen molar-refractivity contribution in [1.82, 2.24) is 9.88 Å². The molecule has 2 atom stereocenters. The third kappa shape index (κ3) is 3.10. The molecule has 1 heterocycles. The Hall–Kier alpha value is -1.72. The molecule has 3 rings (SSSR count). The molecule has 1 fully saturated rings. The van der Waals surface area contributed by atoms with Crippen molar-refractivity contribution in [3.05, 3.63) is 33.9 Å². The van der Waals surface area contributed by atoms with Gasteiger partial charge in [-0.15, -0.1) is 0 Å². The van der Waals surface area contributed by atoms with Crippen molar-refractivity contribution < 1.29 is 14.7 Å². The fourth-order valence-corrected chi connectivity index (χ4v) is 3.75. The molecule has 5 nitrogen and oxygen atoms in total. The first-order valence-electron chi connectivity index (χ1n) is 7.85. The Morgan fingerprint density at radius 2 is 2.04 bits per heavy atom. The van der Waals surface area contributed by atoms with Gasteiger partial charge in [-0.2, -0.15) is 0 Å². The minimum Gasteiger partial charge on any atom is -0.481 e. The number of nitrogens with zero attached hydrogens (tertiary/aromatic N) is 1. The highest BCUT2D eigenvalue weighted by atomic mass is 35.5. The van der Waals surface area contributed by atoms with Crippen LogP contribution in [0, 0.1) is 5.92 Å². The predicted octanol–water partition coefficient (Wildman–Crippen LogP) is 3.86. The minimum atomic E-state index is -0.792. The molecule has 1 aliphatic rings. The van der Waals surface area contributed by atoms with E-state index < -0.39 is 5.97 Å². The van der Waals surface area contributed by atoms with Crippen LogP contribution in [0.5, 0.6) is 0 Å². The third-order valence-corrected chi connectivity index (χ3v) is 5.52. The zero-order valence-corrected chi connectivity index (χ0v) is 14.7. The van der Waals surface area contributed by atoms with Crippen molar-refractivity contribution in [2.45, 2.75) is 31.7 Å². The fourth-order valence-electron chi connectivity index (χ4n) is 3.37. The topological polar surface area (TPSA) is 71.3 Å². The molecular formula is C17H18Cl2N2O3. The zero-order chi connectivity index (χ0) is 17.4. The summed E-state index contributed by atoms with van der Waals surface area (Å²) in [7, 11) is 1.79. The molecule has 0 aliphatic heterocycles. The number of aryl methyl sites for hydroxylation is 1. The number of nitrogens with one attached hydrogen (secondary N) is 1. The largest absolute Gasteiger partial charge is 0.481 e. The highest BCUT2D eigenvalue weighted by molar-refractivity contribution is 6.45. The van der Waals surface area contributed by atoms with Crippen molar-refractivity contribution >= 4 is 46.0 Å². The van der Waals surface area contributed by atoms with Crippen LogP contribution in [0.3, 0.4) is 0 Å². The maximum absolute atomic E-state index is 12.6. The molecule has 7 heteroatoms. The lowest BCUT2D eigenvalue weighted by atomic mass is 9.86. The van der Waals surface area contributed by atoms with Crippen LogP contribution in [0.1, 0.15) is 36.2 Å². The first-order chi connectivity index (χ1) is 11.4. The number of halogens is 2. The molecule has 24 heavy (non-hydrogen) atoms. The summed E-state index contributed by atoms with van der Waals surface area (Å²) in [5.74, 6) is -1.40. The van der Waals surface area contributed by atoms with E-state index in [9.17, 15) is 9.59 Å². The van der Waals surface area contributed by atoms with Gasteiger partial charge in [-0.3, -0.25) is 9.59 Å². The van der Waals surface area contributed by atoms with Gasteiger partial charge in [-0.25, -0.2) is 0 Å². The summed E-state index contributed by atoms with van der Waals surface area (Å²) < 4.78 is 1.77. The van der Waals surface area contributed by atoms with Gasteiger partial charge in [0.15, 0.2) is 0 Å². The Morgan fingerprint density at radius 1 is 1.29 bits per heavy atom. The van der Waals surface area contributed by atoms with Gasteiger partial charge in [0.1, 0.15) is 5.69 Å². The number of fused-ring (bicyclic) bond motifs is 1. The normalized spacial score (nSPS) is 21.0. The Kier molecular flexibility index (Phi) is 4.74. The standard InChI is InChI=1S/C17H18Cl2N2O3/c1-21-13-6-5-12(18)15(19)11(13)8-14(21)16(22)20-10-4-2-3-9(7-10)17(23)24/h5-6,8-10H,2-4,7H2,1H3,(H,20,22)(H,23,24). The van der Waals surface area contributed by atoms with E-state index in [2.05, 4.69) is 5.32 Å². The maximum atomic E-state index is 12.6. The van der Waals surface area contributed by atoms with Gasteiger partial charge in [-0.1, -0.05) is 29.6 Å². The number of aliphatic carboxylic acids is 1. The SMILES string of the molecule is Cn1c(C(=O)NC2CCCC(C(=O)O)C2)cc2c(Cl)c(Cl)ccc21. The number of rotatable bonds is 3. The number of hydrogen-bond acceptors (Lipinski definition) is 2. The van der Waals surface area contributed by atoms with Gasteiger partial charge >= 0.3 is 5.97 Å². The van der Waals surface area contributed by atoms with Gasteiger partial charge in [0, 0.05) is 24.0 Å². The van der Waals surface area contributed by atoms with E-state index in [1.54, 1.807) is 23.7 Å². The van der Waals surface area contributed by atoms with E-state index in [1.165, 1.54) is 0 Å². The summed E-state index contributed by atoms with van der Waals surface area (Å²) in [5.41, 5.74) is 1.30. The van der Waals surface area contributed by atoms with Crippen molar-refractivity contribution in [1.29, 1.82) is 0 Å². The highest BCUT2D eigenvalue weighted by Gasteiger charge is 2.28. The van der Waals surface area contributed by atoms with Crippen LogP contribution in [0.2, 0.25) is 10.0 Å². The molecule has 1 aliphatic carbocycles. The second-order valence-electron chi connectivity index (χ2n) is 6.25. The Morgan fingerprint density at radius 3 is 2.75 bits per heavy atom. The van der Waals surface area contributed by atoms with Crippen LogP contribution in [-0.2, 0) is 11.8 Å². The first-order valence-corrected chi connectivity index (χ1v) is 8.61. The predicted molar refractivity (Wildman–Crippen MR) is 93.8 cm³/mol. The summed E-state index contributed by atoms with van der Waals surface area (Å²) >= 11 is 12.3. The van der Waals surface area contributed by atoms with Crippen molar-refractivity contribution in [3.8, 4) is 0 Å². The smallest absolute Gasteiger partial charge is 0.306 e. The lowest BCUT2D eigenvalue weighted by Gasteiger charge is -2.27. The molecule has 1 amide bonds. The molecular weight excluding hydrogens is 351 g/mol. The molecule has 0 bridgehead atoms. The highest BCUT2D eigenvalue weighted by Crippen LogP contribution is 2.32. The Bertz CT molecular complexity index is 816. The molecule has 1 saturated carbocycles. The second-order valence-corrected chi connectivity index (χ2v) is 7.04. The summed E-state index contributed by atoms with van der Waals surface area (Å²) in [5, 5.41) is 13.7. The maximum Gasteiger partial charge on any atom is 0.306 e. The Labute approximate surface area is 149 Å². The van der Waals surface area contributed by atoms with Gasteiger partial charge in [0.25, 0.3) is 5.91 Å². The average Bonchev–Trinajstić information content (AvgIpc) is 2.89. The lowest BCUT2D eigenvalue weighted by Crippen LogP contribution is -2.40. The zero-order valence-electron chi connectivity index (χ0n) is 13.2. The summed E-state index contributed by atoms with van der Waals surface area (Å²) in [6, 6.07) is 5.12. The van der Waals surface area contributed by atoms with Crippen LogP contribution in [-0.4, -0.2) is 27.6 Å². The molecule has 0 spiro atoms. The van der Waals surface area contributed by atoms with Crippen LogP contribution in [0.4, 0.5) is 0 Å². The molecule has 2 N–H and O–H groups in total. The van der Waals surface area contributed by atoms with Gasteiger partial charge < -0.3 is 15.0 Å². The number of aromatic nitrogens is 1. The number of hydrogen-bond donors (Lipinski definition) is 2. The molecule has 1 aromatic heterocycles. The van der Waals surface area contributed by atoms with Gasteiger partial charge in [0.05, 0.1) is 16.0 Å². The molecule has 0 radical (unpaired) electrons. The van der Waals surface area contributed by atoms with Crippen LogP contribution >= 0.6 is 23.2 Å². The van der Waals surface area contributed by atoms with E-state index in [-0.39, 0.29) is 17.9 Å². The third-order valence-electron chi connectivity index (χ3n) is 4.70. The summed E-state index contributed by atoms with van der Waals surface area (Å²) in [4.78, 5) is 23.8. The van der Waals surface area contributed by atoms with E-state index in [4.69, 9.17) is 28.3 Å². The number of carboxylic acid groups (broad SMARTS) is 1. The average molecular weight is 369 g/mol. The van der Waals surface area contributed by atoms with Crippen molar-refractivity contribution in [2.75, 3.05) is 0 Å². The quantitative estimate of drug-likeness (QED) is 0.863. The van der Waals surface area contributed by atoms with E-state index in [1.807, 2.05) is 6.07 Å². The molecule has 1 aromatic carbocycles. The summed E-state index contributed by atoms with van der Waals surface area (Å²) in [6.45, 7) is 0. The van der Waals surface area contributed by atoms with Crippen LogP contribution in [0.15, 0.2) is 18.2 Å². The van der Waals surface area contributed by atoms with Crippen LogP contribution in [0.25, 0.3) is 10.9 Å². The number of benzene rings is 1. The van der Waals surface area contributed by atoms with E-state index >= 15 is 0 Å². The monoisotopic (exact) mass is 368 g/mol. The molecule has 2 aromatic rings. The first kappa shape index (κ1) is 17.1. The van der Waals surface area contributed by atoms with E-state index in [0.29, 0.717) is 28.6 Å². The lowest BCUT2D eigenvalue weighted by molar-refractivity contribution is -0.143.